The maximum Gasteiger partial charge on any atom is 0.281 e. The van der Waals surface area contributed by atoms with E-state index in [4.69, 9.17) is 14.5 Å². The number of aromatic nitrogens is 2. The predicted octanol–water partition coefficient (Wildman–Crippen LogP) is 3.03. The molecule has 2 N–H and O–H groups in total. The first-order valence-corrected chi connectivity index (χ1v) is 16.2. The normalized spacial score (nSPS) is 20.1. The Morgan fingerprint density at radius 3 is 2.77 bits per heavy atom. The molecular formula is C26H33N5O5S3. The number of benzene rings is 1. The molecule has 2 aromatic heterocycles. The van der Waals surface area contributed by atoms with Crippen LogP contribution in [0.1, 0.15) is 12.6 Å². The van der Waals surface area contributed by atoms with Crippen molar-refractivity contribution >= 4 is 55.2 Å². The molecule has 5 rings (SSSR count). The van der Waals surface area contributed by atoms with E-state index in [9.17, 15) is 13.5 Å². The molecule has 13 heteroatoms. The van der Waals surface area contributed by atoms with Crippen molar-refractivity contribution in [2.45, 2.75) is 29.5 Å². The SMILES string of the molecule is COC[C@H](C)Oc1cc(N(C)S(=O)(=O)c2ccccn2)c2[nH]c(C3=NCC(C(O)N4CCSCC4)S3)cc2c1. The summed E-state index contributed by atoms with van der Waals surface area (Å²) in [4.78, 5) is 14.3. The Bertz CT molecular complexity index is 1430. The van der Waals surface area contributed by atoms with Crippen molar-refractivity contribution in [1.29, 1.82) is 0 Å². The summed E-state index contributed by atoms with van der Waals surface area (Å²) in [6, 6.07) is 10.3. The lowest BCUT2D eigenvalue weighted by Crippen LogP contribution is -2.46. The van der Waals surface area contributed by atoms with Crippen LogP contribution in [0.2, 0.25) is 0 Å². The van der Waals surface area contributed by atoms with Crippen LogP contribution < -0.4 is 9.04 Å². The van der Waals surface area contributed by atoms with Gasteiger partial charge in [-0.2, -0.15) is 20.2 Å². The Morgan fingerprint density at radius 2 is 2.05 bits per heavy atom. The minimum atomic E-state index is -3.93. The van der Waals surface area contributed by atoms with E-state index in [0.29, 0.717) is 30.1 Å². The summed E-state index contributed by atoms with van der Waals surface area (Å²) in [6.07, 6.45) is 0.661. The molecule has 0 radical (unpaired) electrons. The molecule has 210 valence electrons. The van der Waals surface area contributed by atoms with Crippen molar-refractivity contribution in [3.05, 3.63) is 48.3 Å². The summed E-state index contributed by atoms with van der Waals surface area (Å²) in [7, 11) is -0.822. The Kier molecular flexibility index (Phi) is 8.74. The highest BCUT2D eigenvalue weighted by molar-refractivity contribution is 8.15. The highest BCUT2D eigenvalue weighted by Gasteiger charge is 2.33. The van der Waals surface area contributed by atoms with Crippen LogP contribution >= 0.6 is 23.5 Å². The number of hydrogen-bond acceptors (Lipinski definition) is 10. The number of rotatable bonds is 10. The topological polar surface area (TPSA) is 120 Å². The zero-order valence-electron chi connectivity index (χ0n) is 22.1. The highest BCUT2D eigenvalue weighted by Crippen LogP contribution is 2.37. The van der Waals surface area contributed by atoms with E-state index in [-0.39, 0.29) is 16.4 Å². The summed E-state index contributed by atoms with van der Waals surface area (Å²) >= 11 is 3.46. The van der Waals surface area contributed by atoms with E-state index in [1.54, 1.807) is 37.1 Å². The zero-order chi connectivity index (χ0) is 27.6. The van der Waals surface area contributed by atoms with Gasteiger partial charge < -0.3 is 19.6 Å². The lowest BCUT2D eigenvalue weighted by Gasteiger charge is -2.33. The van der Waals surface area contributed by atoms with Gasteiger partial charge in [-0.1, -0.05) is 17.8 Å². The highest BCUT2D eigenvalue weighted by atomic mass is 32.2. The molecular weight excluding hydrogens is 559 g/mol. The summed E-state index contributed by atoms with van der Waals surface area (Å²) in [6.45, 7) is 4.54. The van der Waals surface area contributed by atoms with Gasteiger partial charge in [0.2, 0.25) is 0 Å². The molecule has 1 aromatic carbocycles. The maximum absolute atomic E-state index is 13.5. The number of aliphatic hydroxyl groups excluding tert-OH is 1. The van der Waals surface area contributed by atoms with Crippen molar-refractivity contribution in [3.8, 4) is 5.75 Å². The van der Waals surface area contributed by atoms with Crippen molar-refractivity contribution in [2.24, 2.45) is 4.99 Å². The quantitative estimate of drug-likeness (QED) is 0.367. The fourth-order valence-electron chi connectivity index (χ4n) is 4.67. The van der Waals surface area contributed by atoms with Gasteiger partial charge in [0.1, 0.15) is 23.1 Å². The molecule has 2 aliphatic heterocycles. The van der Waals surface area contributed by atoms with Crippen molar-refractivity contribution in [1.82, 2.24) is 14.9 Å². The van der Waals surface area contributed by atoms with Gasteiger partial charge in [-0.25, -0.2) is 4.98 Å². The molecule has 3 aromatic rings. The number of nitrogens with zero attached hydrogens (tertiary/aromatic N) is 4. The predicted molar refractivity (Wildman–Crippen MR) is 158 cm³/mol. The number of aliphatic imine (C=N–C) groups is 1. The lowest BCUT2D eigenvalue weighted by atomic mass is 10.2. The number of aliphatic hydroxyl groups is 1. The largest absolute Gasteiger partial charge is 0.488 e. The number of methoxy groups -OCH3 is 1. The average Bonchev–Trinajstić information content (AvgIpc) is 3.60. The second kappa shape index (κ2) is 12.1. The molecule has 0 spiro atoms. The van der Waals surface area contributed by atoms with Crippen molar-refractivity contribution < 1.29 is 23.0 Å². The van der Waals surface area contributed by atoms with Crippen LogP contribution in [0.25, 0.3) is 10.9 Å². The van der Waals surface area contributed by atoms with Gasteiger partial charge in [0, 0.05) is 56.4 Å². The van der Waals surface area contributed by atoms with Gasteiger partial charge in [0.05, 0.1) is 35.3 Å². The van der Waals surface area contributed by atoms with Crippen LogP contribution in [0.15, 0.2) is 52.6 Å². The Balaban J connectivity index is 1.47. The molecule has 3 atom stereocenters. The summed E-state index contributed by atoms with van der Waals surface area (Å²) in [5.41, 5.74) is 1.83. The monoisotopic (exact) mass is 591 g/mol. The second-order valence-corrected chi connectivity index (χ2v) is 13.8. The Hall–Kier alpha value is -2.29. The third-order valence-corrected chi connectivity index (χ3v) is 10.6. The third-order valence-electron chi connectivity index (χ3n) is 6.68. The first-order valence-electron chi connectivity index (χ1n) is 12.7. The van der Waals surface area contributed by atoms with E-state index in [2.05, 4.69) is 14.9 Å². The minimum absolute atomic E-state index is 0.0461. The molecule has 2 aliphatic rings. The number of pyridine rings is 1. The fourth-order valence-corrected chi connectivity index (χ4v) is 7.85. The van der Waals surface area contributed by atoms with E-state index < -0.39 is 16.3 Å². The maximum atomic E-state index is 13.5. The summed E-state index contributed by atoms with van der Waals surface area (Å²) in [5.74, 6) is 2.57. The van der Waals surface area contributed by atoms with E-state index >= 15 is 0 Å². The van der Waals surface area contributed by atoms with Gasteiger partial charge >= 0.3 is 0 Å². The number of ether oxygens (including phenoxy) is 2. The molecule has 39 heavy (non-hydrogen) atoms. The number of sulfonamides is 1. The Morgan fingerprint density at radius 1 is 1.26 bits per heavy atom. The van der Waals surface area contributed by atoms with Crippen LogP contribution in [0.5, 0.6) is 5.75 Å². The van der Waals surface area contributed by atoms with E-state index in [1.165, 1.54) is 23.6 Å². The van der Waals surface area contributed by atoms with Gasteiger partial charge in [0.25, 0.3) is 10.0 Å². The lowest BCUT2D eigenvalue weighted by molar-refractivity contribution is 0.0117. The van der Waals surface area contributed by atoms with Gasteiger partial charge in [-0.3, -0.25) is 14.2 Å². The summed E-state index contributed by atoms with van der Waals surface area (Å²) < 4.78 is 39.4. The van der Waals surface area contributed by atoms with Crippen LogP contribution in [0, 0.1) is 0 Å². The molecule has 4 heterocycles. The number of hydrogen-bond donors (Lipinski definition) is 2. The van der Waals surface area contributed by atoms with Crippen LogP contribution in [-0.2, 0) is 14.8 Å². The molecule has 0 amide bonds. The number of nitrogens with one attached hydrogen (secondary N) is 1. The molecule has 1 fully saturated rings. The number of anilines is 1. The molecule has 0 saturated carbocycles. The molecule has 0 bridgehead atoms. The van der Waals surface area contributed by atoms with Crippen molar-refractivity contribution in [2.75, 3.05) is 56.2 Å². The number of aromatic amines is 1. The zero-order valence-corrected chi connectivity index (χ0v) is 24.6. The molecule has 2 unspecified atom stereocenters. The summed E-state index contributed by atoms with van der Waals surface area (Å²) in [5, 5.41) is 12.4. The minimum Gasteiger partial charge on any atom is -0.488 e. The first kappa shape index (κ1) is 28.2. The third kappa shape index (κ3) is 6.08. The molecule has 10 nitrogen and oxygen atoms in total. The van der Waals surface area contributed by atoms with E-state index in [0.717, 1.165) is 40.7 Å². The smallest absolute Gasteiger partial charge is 0.281 e. The number of H-pyrrole nitrogens is 1. The number of thioether (sulfide) groups is 2. The molecule has 1 saturated heterocycles. The van der Waals surface area contributed by atoms with Crippen LogP contribution in [0.4, 0.5) is 5.69 Å². The van der Waals surface area contributed by atoms with Crippen LogP contribution in [-0.4, -0.2) is 103 Å². The molecule has 0 aliphatic carbocycles. The van der Waals surface area contributed by atoms with Crippen LogP contribution in [0.3, 0.4) is 0 Å². The first-order chi connectivity index (χ1) is 18.8. The fraction of sp³-hybridized carbons (Fsp3) is 0.462. The van der Waals surface area contributed by atoms with Crippen molar-refractivity contribution in [3.63, 3.8) is 0 Å². The standard InChI is InChI=1S/C26H33N5O5S3/c1-17(16-35-3)36-19-12-18-13-20(25-28-15-22(38-25)26(32)31-8-10-37-11-9-31)29-24(18)21(14-19)30(2)39(33,34)23-6-4-5-7-27-23/h4-7,12-14,17,22,26,29,32H,8-11,15-16H2,1-3H3/t17-,22?,26?/m0/s1. The Labute approximate surface area is 237 Å². The van der Waals surface area contributed by atoms with E-state index in [1.807, 2.05) is 30.8 Å². The number of fused-ring (bicyclic) bond motifs is 1. The van der Waals surface area contributed by atoms with Gasteiger partial charge in [0.15, 0.2) is 5.03 Å². The van der Waals surface area contributed by atoms with Gasteiger partial charge in [-0.15, -0.1) is 0 Å². The average molecular weight is 592 g/mol. The van der Waals surface area contributed by atoms with Gasteiger partial charge in [-0.05, 0) is 31.2 Å². The second-order valence-electron chi connectivity index (χ2n) is 9.48.